The fraction of sp³-hybridized carbons (Fsp3) is 0.0588. The average molecular weight is 346 g/mol. The molecule has 0 spiro atoms. The van der Waals surface area contributed by atoms with Crippen molar-refractivity contribution < 1.29 is 4.79 Å². The average Bonchev–Trinajstić information content (AvgIpc) is 2.76. The number of nitrogens with zero attached hydrogens (tertiary/aromatic N) is 1. The Hall–Kier alpha value is -1.62. The molecule has 1 saturated heterocycles. The fourth-order valence-electron chi connectivity index (χ4n) is 2.20. The lowest BCUT2D eigenvalue weighted by molar-refractivity contribution is -0.113. The molecule has 0 N–H and O–H groups in total. The summed E-state index contributed by atoms with van der Waals surface area (Å²) in [4.78, 5) is 14.8. The maximum Gasteiger partial charge on any atom is 0.270 e. The summed E-state index contributed by atoms with van der Waals surface area (Å²) in [5.41, 5.74) is 2.84. The number of anilines is 1. The zero-order chi connectivity index (χ0) is 15.7. The minimum Gasteiger partial charge on any atom is -0.268 e. The molecular formula is C17H12ClNOS2. The van der Waals surface area contributed by atoms with Gasteiger partial charge in [-0.1, -0.05) is 65.9 Å². The molecule has 0 aromatic heterocycles. The van der Waals surface area contributed by atoms with Crippen molar-refractivity contribution >= 4 is 57.6 Å². The fourth-order valence-corrected chi connectivity index (χ4v) is 3.67. The van der Waals surface area contributed by atoms with Gasteiger partial charge < -0.3 is 0 Å². The van der Waals surface area contributed by atoms with Crippen molar-refractivity contribution in [1.82, 2.24) is 0 Å². The number of thiocarbonyl (C=S) groups is 1. The molecule has 1 amide bonds. The quantitative estimate of drug-likeness (QED) is 0.561. The van der Waals surface area contributed by atoms with Crippen LogP contribution in [0.2, 0.25) is 5.02 Å². The monoisotopic (exact) mass is 345 g/mol. The van der Waals surface area contributed by atoms with Gasteiger partial charge in [0.15, 0.2) is 4.32 Å². The van der Waals surface area contributed by atoms with Gasteiger partial charge in [0.25, 0.3) is 5.91 Å². The molecule has 1 aliphatic rings. The standard InChI is InChI=1S/C17H12ClNOS2/c1-11-5-2-3-6-12(11)9-15-16(20)19(17(21)22-15)14-8-4-7-13(18)10-14/h2-10H,1H3/b15-9+. The van der Waals surface area contributed by atoms with Crippen LogP contribution in [0.25, 0.3) is 6.08 Å². The van der Waals surface area contributed by atoms with E-state index in [4.69, 9.17) is 23.8 Å². The third-order valence-corrected chi connectivity index (χ3v) is 4.87. The summed E-state index contributed by atoms with van der Waals surface area (Å²) in [6.07, 6.45) is 1.89. The Kier molecular flexibility index (Phi) is 4.34. The highest BCUT2D eigenvalue weighted by molar-refractivity contribution is 8.27. The van der Waals surface area contributed by atoms with E-state index in [0.29, 0.717) is 19.9 Å². The smallest absolute Gasteiger partial charge is 0.268 e. The SMILES string of the molecule is Cc1ccccc1/C=C1/SC(=S)N(c2cccc(Cl)c2)C1=O. The highest BCUT2D eigenvalue weighted by Gasteiger charge is 2.33. The molecule has 2 nitrogen and oxygen atoms in total. The Morgan fingerprint density at radius 2 is 1.95 bits per heavy atom. The van der Waals surface area contributed by atoms with Gasteiger partial charge in [-0.15, -0.1) is 0 Å². The molecule has 1 heterocycles. The molecule has 5 heteroatoms. The first-order chi connectivity index (χ1) is 10.6. The molecular weight excluding hydrogens is 334 g/mol. The molecule has 0 bridgehead atoms. The van der Waals surface area contributed by atoms with E-state index in [-0.39, 0.29) is 5.91 Å². The van der Waals surface area contributed by atoms with Gasteiger partial charge in [0.1, 0.15) is 0 Å². The van der Waals surface area contributed by atoms with Crippen LogP contribution in [0.1, 0.15) is 11.1 Å². The molecule has 3 rings (SSSR count). The van der Waals surface area contributed by atoms with Crippen LogP contribution >= 0.6 is 35.6 Å². The van der Waals surface area contributed by atoms with Crippen LogP contribution in [0, 0.1) is 6.92 Å². The van der Waals surface area contributed by atoms with Crippen molar-refractivity contribution in [3.63, 3.8) is 0 Å². The maximum absolute atomic E-state index is 12.6. The van der Waals surface area contributed by atoms with E-state index in [1.54, 1.807) is 18.2 Å². The van der Waals surface area contributed by atoms with Gasteiger partial charge in [-0.2, -0.15) is 0 Å². The predicted molar refractivity (Wildman–Crippen MR) is 98.3 cm³/mol. The molecule has 2 aromatic rings. The van der Waals surface area contributed by atoms with Gasteiger partial charge >= 0.3 is 0 Å². The van der Waals surface area contributed by atoms with Crippen LogP contribution in [-0.4, -0.2) is 10.2 Å². The number of hydrogen-bond acceptors (Lipinski definition) is 3. The lowest BCUT2D eigenvalue weighted by atomic mass is 10.1. The van der Waals surface area contributed by atoms with E-state index < -0.39 is 0 Å². The van der Waals surface area contributed by atoms with Crippen LogP contribution in [0.3, 0.4) is 0 Å². The number of carbonyl (C=O) groups excluding carboxylic acids is 1. The summed E-state index contributed by atoms with van der Waals surface area (Å²) in [5, 5.41) is 0.578. The Morgan fingerprint density at radius 3 is 2.68 bits per heavy atom. The summed E-state index contributed by atoms with van der Waals surface area (Å²) in [6.45, 7) is 2.02. The van der Waals surface area contributed by atoms with Crippen molar-refractivity contribution in [2.45, 2.75) is 6.92 Å². The summed E-state index contributed by atoms with van der Waals surface area (Å²) in [7, 11) is 0. The maximum atomic E-state index is 12.6. The molecule has 0 aliphatic carbocycles. The zero-order valence-electron chi connectivity index (χ0n) is 11.7. The van der Waals surface area contributed by atoms with Gasteiger partial charge in [-0.3, -0.25) is 9.69 Å². The number of benzene rings is 2. The predicted octanol–water partition coefficient (Wildman–Crippen LogP) is 5.05. The Labute approximate surface area is 143 Å². The van der Waals surface area contributed by atoms with Crippen molar-refractivity contribution in [2.24, 2.45) is 0 Å². The number of halogens is 1. The number of amides is 1. The first-order valence-electron chi connectivity index (χ1n) is 6.65. The minimum atomic E-state index is -0.111. The molecule has 0 radical (unpaired) electrons. The summed E-state index contributed by atoms with van der Waals surface area (Å²) >= 11 is 12.7. The lowest BCUT2D eigenvalue weighted by Crippen LogP contribution is -2.27. The van der Waals surface area contributed by atoms with Crippen molar-refractivity contribution in [2.75, 3.05) is 4.90 Å². The topological polar surface area (TPSA) is 20.3 Å². The Morgan fingerprint density at radius 1 is 1.18 bits per heavy atom. The highest BCUT2D eigenvalue weighted by Crippen LogP contribution is 2.36. The second-order valence-corrected chi connectivity index (χ2v) is 6.97. The molecule has 110 valence electrons. The summed E-state index contributed by atoms with van der Waals surface area (Å²) in [5.74, 6) is -0.111. The van der Waals surface area contributed by atoms with E-state index in [9.17, 15) is 4.79 Å². The molecule has 22 heavy (non-hydrogen) atoms. The molecule has 0 atom stereocenters. The highest BCUT2D eigenvalue weighted by atomic mass is 35.5. The number of rotatable bonds is 2. The number of aryl methyl sites for hydroxylation is 1. The van der Waals surface area contributed by atoms with Crippen LogP contribution in [0.15, 0.2) is 53.4 Å². The van der Waals surface area contributed by atoms with Gasteiger partial charge in [-0.05, 0) is 42.3 Å². The number of thioether (sulfide) groups is 1. The van der Waals surface area contributed by atoms with Crippen LogP contribution < -0.4 is 4.90 Å². The minimum absolute atomic E-state index is 0.111. The lowest BCUT2D eigenvalue weighted by Gasteiger charge is -2.14. The third-order valence-electron chi connectivity index (χ3n) is 3.34. The van der Waals surface area contributed by atoms with Crippen LogP contribution in [0.5, 0.6) is 0 Å². The van der Waals surface area contributed by atoms with Gasteiger partial charge in [0, 0.05) is 5.02 Å². The number of carbonyl (C=O) groups is 1. The van der Waals surface area contributed by atoms with E-state index in [2.05, 4.69) is 0 Å². The molecule has 0 saturated carbocycles. The first kappa shape index (κ1) is 15.3. The van der Waals surface area contributed by atoms with Crippen LogP contribution in [-0.2, 0) is 4.79 Å². The summed E-state index contributed by atoms with van der Waals surface area (Å²) in [6, 6.07) is 15.1. The van der Waals surface area contributed by atoms with Gasteiger partial charge in [0.05, 0.1) is 10.6 Å². The molecule has 0 unspecified atom stereocenters. The second-order valence-electron chi connectivity index (χ2n) is 4.85. The van der Waals surface area contributed by atoms with Gasteiger partial charge in [-0.25, -0.2) is 0 Å². The first-order valence-corrected chi connectivity index (χ1v) is 8.26. The van der Waals surface area contributed by atoms with E-state index in [0.717, 1.165) is 11.1 Å². The summed E-state index contributed by atoms with van der Waals surface area (Å²) < 4.78 is 0.520. The van der Waals surface area contributed by atoms with E-state index in [1.807, 2.05) is 43.3 Å². The van der Waals surface area contributed by atoms with Crippen LogP contribution in [0.4, 0.5) is 5.69 Å². The zero-order valence-corrected chi connectivity index (χ0v) is 14.1. The molecule has 1 fully saturated rings. The van der Waals surface area contributed by atoms with Crippen molar-refractivity contribution in [1.29, 1.82) is 0 Å². The largest absolute Gasteiger partial charge is 0.270 e. The Bertz CT molecular complexity index is 801. The normalized spacial score (nSPS) is 16.6. The Balaban J connectivity index is 1.97. The third kappa shape index (κ3) is 2.95. The molecule has 2 aromatic carbocycles. The van der Waals surface area contributed by atoms with Gasteiger partial charge in [0.2, 0.25) is 0 Å². The second kappa shape index (κ2) is 6.24. The van der Waals surface area contributed by atoms with Crippen molar-refractivity contribution in [3.8, 4) is 0 Å². The van der Waals surface area contributed by atoms with E-state index in [1.165, 1.54) is 16.7 Å². The van der Waals surface area contributed by atoms with E-state index >= 15 is 0 Å². The number of hydrogen-bond donors (Lipinski definition) is 0. The molecule has 1 aliphatic heterocycles. The van der Waals surface area contributed by atoms with Crippen molar-refractivity contribution in [3.05, 3.63) is 69.6 Å².